The summed E-state index contributed by atoms with van der Waals surface area (Å²) in [6.45, 7) is 0. The van der Waals surface area contributed by atoms with Gasteiger partial charge in [0.1, 0.15) is 0 Å². The summed E-state index contributed by atoms with van der Waals surface area (Å²) in [7, 11) is 0. The predicted molar refractivity (Wildman–Crippen MR) is 87.8 cm³/mol. The normalized spacial score (nSPS) is 12.4. The highest BCUT2D eigenvalue weighted by molar-refractivity contribution is 9.10. The Hall–Kier alpha value is -0.210. The van der Waals surface area contributed by atoms with Crippen LogP contribution in [0.15, 0.2) is 46.9 Å². The van der Waals surface area contributed by atoms with Gasteiger partial charge in [0.2, 0.25) is 0 Å². The summed E-state index contributed by atoms with van der Waals surface area (Å²) in [6.07, 6.45) is 0.782. The summed E-state index contributed by atoms with van der Waals surface area (Å²) < 4.78 is 1.06. The van der Waals surface area contributed by atoms with Crippen molar-refractivity contribution < 1.29 is 0 Å². The molecule has 0 aromatic heterocycles. The second-order valence-electron chi connectivity index (χ2n) is 4.32. The number of benzene rings is 2. The fourth-order valence-electron chi connectivity index (χ4n) is 1.97. The molecule has 0 bridgehead atoms. The van der Waals surface area contributed by atoms with Crippen LogP contribution in [0.2, 0.25) is 10.0 Å². The Balaban J connectivity index is 2.24. The van der Waals surface area contributed by atoms with Gasteiger partial charge in [-0.2, -0.15) is 0 Å². The standard InChI is InChI=1S/C15H12BrCl3/c16-13-6-4-10(5-7-13)12(9-17)8-11-2-1-3-14(18)15(11)19/h1-7,12H,8-9H2. The minimum absolute atomic E-state index is 0.228. The van der Waals surface area contributed by atoms with Crippen molar-refractivity contribution in [1.29, 1.82) is 0 Å². The van der Waals surface area contributed by atoms with E-state index in [1.54, 1.807) is 6.07 Å². The third-order valence-electron chi connectivity index (χ3n) is 3.03. The number of rotatable bonds is 4. The van der Waals surface area contributed by atoms with E-state index in [4.69, 9.17) is 34.8 Å². The van der Waals surface area contributed by atoms with Crippen molar-refractivity contribution in [3.05, 3.63) is 68.1 Å². The largest absolute Gasteiger partial charge is 0.126 e. The van der Waals surface area contributed by atoms with E-state index in [2.05, 4.69) is 28.1 Å². The third-order valence-corrected chi connectivity index (χ3v) is 4.78. The first-order valence-corrected chi connectivity index (χ1v) is 7.94. The predicted octanol–water partition coefficient (Wildman–Crippen LogP) is 6.32. The quantitative estimate of drug-likeness (QED) is 0.546. The minimum Gasteiger partial charge on any atom is -0.126 e. The maximum absolute atomic E-state index is 6.22. The number of hydrogen-bond acceptors (Lipinski definition) is 0. The molecule has 0 saturated heterocycles. The van der Waals surface area contributed by atoms with Crippen LogP contribution in [0.25, 0.3) is 0 Å². The van der Waals surface area contributed by atoms with Crippen molar-refractivity contribution in [3.63, 3.8) is 0 Å². The maximum atomic E-state index is 6.22. The molecule has 2 aromatic carbocycles. The number of hydrogen-bond donors (Lipinski definition) is 0. The second-order valence-corrected chi connectivity index (χ2v) is 6.33. The highest BCUT2D eigenvalue weighted by Gasteiger charge is 2.14. The van der Waals surface area contributed by atoms with Crippen LogP contribution in [-0.2, 0) is 6.42 Å². The molecule has 0 aliphatic carbocycles. The van der Waals surface area contributed by atoms with Crippen LogP contribution in [0.3, 0.4) is 0 Å². The SMILES string of the molecule is ClCC(Cc1cccc(Cl)c1Cl)c1ccc(Br)cc1. The first-order valence-electron chi connectivity index (χ1n) is 5.86. The van der Waals surface area contributed by atoms with Crippen LogP contribution in [0, 0.1) is 0 Å². The van der Waals surface area contributed by atoms with Gasteiger partial charge in [0.25, 0.3) is 0 Å². The van der Waals surface area contributed by atoms with E-state index in [1.165, 1.54) is 5.56 Å². The molecule has 0 heterocycles. The summed E-state index contributed by atoms with van der Waals surface area (Å²) >= 11 is 21.8. The van der Waals surface area contributed by atoms with E-state index >= 15 is 0 Å². The molecule has 1 unspecified atom stereocenters. The molecular formula is C15H12BrCl3. The maximum Gasteiger partial charge on any atom is 0.0624 e. The molecule has 0 radical (unpaired) electrons. The third kappa shape index (κ3) is 3.88. The molecule has 0 nitrogen and oxygen atoms in total. The highest BCUT2D eigenvalue weighted by atomic mass is 79.9. The van der Waals surface area contributed by atoms with E-state index in [0.717, 1.165) is 16.5 Å². The van der Waals surface area contributed by atoms with Gasteiger partial charge in [-0.15, -0.1) is 11.6 Å². The Bertz CT molecular complexity index is 552. The van der Waals surface area contributed by atoms with Gasteiger partial charge < -0.3 is 0 Å². The fourth-order valence-corrected chi connectivity index (χ4v) is 2.92. The fraction of sp³-hybridized carbons (Fsp3) is 0.200. The smallest absolute Gasteiger partial charge is 0.0624 e. The molecule has 0 N–H and O–H groups in total. The summed E-state index contributed by atoms with van der Waals surface area (Å²) in [5, 5.41) is 1.21. The van der Waals surface area contributed by atoms with Crippen LogP contribution in [0.1, 0.15) is 17.0 Å². The molecule has 1 atom stereocenters. The van der Waals surface area contributed by atoms with E-state index < -0.39 is 0 Å². The lowest BCUT2D eigenvalue weighted by molar-refractivity contribution is 0.766. The highest BCUT2D eigenvalue weighted by Crippen LogP contribution is 2.31. The first kappa shape index (κ1) is 15.2. The van der Waals surface area contributed by atoms with Crippen molar-refractivity contribution in [1.82, 2.24) is 0 Å². The van der Waals surface area contributed by atoms with Crippen molar-refractivity contribution in [2.24, 2.45) is 0 Å². The molecule has 2 aromatic rings. The molecule has 19 heavy (non-hydrogen) atoms. The average Bonchev–Trinajstić information content (AvgIpc) is 2.42. The van der Waals surface area contributed by atoms with Crippen molar-refractivity contribution in [2.75, 3.05) is 5.88 Å². The molecule has 0 fully saturated rings. The Morgan fingerprint density at radius 3 is 2.32 bits per heavy atom. The van der Waals surface area contributed by atoms with Crippen molar-refractivity contribution in [3.8, 4) is 0 Å². The Kier molecular flexibility index (Phi) is 5.58. The molecule has 0 aliphatic heterocycles. The molecule has 4 heteroatoms. The number of halogens is 4. The molecule has 2 rings (SSSR count). The lowest BCUT2D eigenvalue weighted by atomic mass is 9.93. The monoisotopic (exact) mass is 376 g/mol. The molecule has 0 saturated carbocycles. The van der Waals surface area contributed by atoms with Crippen LogP contribution in [0.4, 0.5) is 0 Å². The first-order chi connectivity index (χ1) is 9.11. The number of alkyl halides is 1. The van der Waals surface area contributed by atoms with Gasteiger partial charge in [0.05, 0.1) is 10.0 Å². The molecular weight excluding hydrogens is 366 g/mol. The minimum atomic E-state index is 0.228. The van der Waals surface area contributed by atoms with Gasteiger partial charge in [-0.05, 0) is 35.7 Å². The van der Waals surface area contributed by atoms with E-state index in [1.807, 2.05) is 24.3 Å². The molecule has 0 spiro atoms. The van der Waals surface area contributed by atoms with E-state index in [0.29, 0.717) is 15.9 Å². The summed E-state index contributed by atoms with van der Waals surface area (Å²) in [6, 6.07) is 13.9. The van der Waals surface area contributed by atoms with E-state index in [-0.39, 0.29) is 5.92 Å². The second kappa shape index (κ2) is 6.99. The lowest BCUT2D eigenvalue weighted by Gasteiger charge is -2.16. The summed E-state index contributed by atoms with van der Waals surface area (Å²) in [5.74, 6) is 0.774. The zero-order valence-corrected chi connectivity index (χ0v) is 13.9. The summed E-state index contributed by atoms with van der Waals surface area (Å²) in [5.41, 5.74) is 2.23. The zero-order valence-electron chi connectivity index (χ0n) is 10.0. The van der Waals surface area contributed by atoms with Crippen LogP contribution < -0.4 is 0 Å². The van der Waals surface area contributed by atoms with E-state index in [9.17, 15) is 0 Å². The lowest BCUT2D eigenvalue weighted by Crippen LogP contribution is -2.05. The molecule has 0 aliphatic rings. The van der Waals surface area contributed by atoms with Gasteiger partial charge in [-0.1, -0.05) is 63.4 Å². The zero-order chi connectivity index (χ0) is 13.8. The van der Waals surface area contributed by atoms with Crippen LogP contribution in [0.5, 0.6) is 0 Å². The van der Waals surface area contributed by atoms with Crippen molar-refractivity contribution in [2.45, 2.75) is 12.3 Å². The Morgan fingerprint density at radius 1 is 1.00 bits per heavy atom. The van der Waals surface area contributed by atoms with Crippen LogP contribution >= 0.6 is 50.7 Å². The van der Waals surface area contributed by atoms with Gasteiger partial charge in [-0.25, -0.2) is 0 Å². The van der Waals surface area contributed by atoms with Crippen molar-refractivity contribution >= 4 is 50.7 Å². The Morgan fingerprint density at radius 2 is 1.68 bits per heavy atom. The van der Waals surface area contributed by atoms with Gasteiger partial charge in [-0.3, -0.25) is 0 Å². The molecule has 0 amide bonds. The average molecular weight is 379 g/mol. The van der Waals surface area contributed by atoms with Gasteiger partial charge >= 0.3 is 0 Å². The Labute approximate surface area is 136 Å². The van der Waals surface area contributed by atoms with Gasteiger partial charge in [0.15, 0.2) is 0 Å². The summed E-state index contributed by atoms with van der Waals surface area (Å²) in [4.78, 5) is 0. The molecule has 100 valence electrons. The van der Waals surface area contributed by atoms with Gasteiger partial charge in [0, 0.05) is 16.3 Å². The van der Waals surface area contributed by atoms with Crippen LogP contribution in [-0.4, -0.2) is 5.88 Å². The topological polar surface area (TPSA) is 0 Å².